The van der Waals surface area contributed by atoms with Gasteiger partial charge >= 0.3 is 5.63 Å². The molecule has 0 radical (unpaired) electrons. The standard InChI is InChI=1S/C24H25NO5/c1-4-17-11-23(26)30-22-12-18(9-10-20(17)22)28-16(3)24(27)25-13-19(14-25)29-21-8-6-5-7-15(21)2/h5-12,16,19H,4,13-14H2,1-3H3. The van der Waals surface area contributed by atoms with Gasteiger partial charge < -0.3 is 18.8 Å². The minimum absolute atomic E-state index is 0.00958. The molecular formula is C24H25NO5. The van der Waals surface area contributed by atoms with Crippen LogP contribution < -0.4 is 15.1 Å². The summed E-state index contributed by atoms with van der Waals surface area (Å²) in [6.45, 7) is 6.78. The maximum Gasteiger partial charge on any atom is 0.336 e. The highest BCUT2D eigenvalue weighted by Gasteiger charge is 2.35. The largest absolute Gasteiger partial charge is 0.486 e. The predicted molar refractivity (Wildman–Crippen MR) is 114 cm³/mol. The van der Waals surface area contributed by atoms with E-state index >= 15 is 0 Å². The zero-order valence-electron chi connectivity index (χ0n) is 17.4. The van der Waals surface area contributed by atoms with Crippen LogP contribution in [0.2, 0.25) is 0 Å². The molecule has 6 nitrogen and oxygen atoms in total. The van der Waals surface area contributed by atoms with Gasteiger partial charge in [0.1, 0.15) is 23.2 Å². The van der Waals surface area contributed by atoms with Gasteiger partial charge in [0.15, 0.2) is 6.10 Å². The van der Waals surface area contributed by atoms with Crippen LogP contribution in [0.1, 0.15) is 25.0 Å². The Balaban J connectivity index is 1.37. The molecule has 2 aromatic carbocycles. The Morgan fingerprint density at radius 1 is 1.20 bits per heavy atom. The summed E-state index contributed by atoms with van der Waals surface area (Å²) < 4.78 is 17.1. The van der Waals surface area contributed by atoms with E-state index in [0.717, 1.165) is 28.7 Å². The van der Waals surface area contributed by atoms with E-state index in [1.54, 1.807) is 24.0 Å². The molecule has 6 heteroatoms. The molecule has 0 bridgehead atoms. The van der Waals surface area contributed by atoms with Crippen LogP contribution in [0.25, 0.3) is 11.0 Å². The SMILES string of the molecule is CCc1cc(=O)oc2cc(OC(C)C(=O)N3CC(Oc4ccccc4C)C3)ccc12. The normalized spacial score (nSPS) is 15.0. The molecular weight excluding hydrogens is 382 g/mol. The third-order valence-electron chi connectivity index (χ3n) is 5.39. The van der Waals surface area contributed by atoms with Gasteiger partial charge in [-0.3, -0.25) is 4.79 Å². The molecule has 4 rings (SSSR count). The number of carbonyl (C=O) groups is 1. The summed E-state index contributed by atoms with van der Waals surface area (Å²) in [5.41, 5.74) is 2.08. The van der Waals surface area contributed by atoms with Crippen molar-refractivity contribution < 1.29 is 18.7 Å². The monoisotopic (exact) mass is 407 g/mol. The number of aryl methyl sites for hydroxylation is 2. The van der Waals surface area contributed by atoms with E-state index in [2.05, 4.69) is 0 Å². The van der Waals surface area contributed by atoms with Crippen molar-refractivity contribution >= 4 is 16.9 Å². The fourth-order valence-corrected chi connectivity index (χ4v) is 3.65. The van der Waals surface area contributed by atoms with Gasteiger partial charge in [0.05, 0.1) is 13.1 Å². The second-order valence-corrected chi connectivity index (χ2v) is 7.61. The van der Waals surface area contributed by atoms with Crippen LogP contribution >= 0.6 is 0 Å². The van der Waals surface area contributed by atoms with Crippen LogP contribution in [0.15, 0.2) is 57.7 Å². The van der Waals surface area contributed by atoms with Gasteiger partial charge in [-0.25, -0.2) is 4.79 Å². The van der Waals surface area contributed by atoms with Crippen molar-refractivity contribution in [3.63, 3.8) is 0 Å². The van der Waals surface area contributed by atoms with Gasteiger partial charge in [-0.1, -0.05) is 25.1 Å². The number of fused-ring (bicyclic) bond motifs is 1. The molecule has 1 saturated heterocycles. The first kappa shape index (κ1) is 20.0. The van der Waals surface area contributed by atoms with E-state index in [4.69, 9.17) is 13.9 Å². The van der Waals surface area contributed by atoms with E-state index in [1.807, 2.05) is 44.2 Å². The topological polar surface area (TPSA) is 69.0 Å². The summed E-state index contributed by atoms with van der Waals surface area (Å²) in [6, 6.07) is 14.7. The fourth-order valence-electron chi connectivity index (χ4n) is 3.65. The smallest absolute Gasteiger partial charge is 0.336 e. The lowest BCUT2D eigenvalue weighted by Crippen LogP contribution is -2.58. The number of para-hydroxylation sites is 1. The lowest BCUT2D eigenvalue weighted by molar-refractivity contribution is -0.146. The Morgan fingerprint density at radius 2 is 1.97 bits per heavy atom. The molecule has 1 fully saturated rings. The Labute approximate surface area is 175 Å². The van der Waals surface area contributed by atoms with Crippen LogP contribution in [0, 0.1) is 6.92 Å². The fraction of sp³-hybridized carbons (Fsp3) is 0.333. The van der Waals surface area contributed by atoms with Gasteiger partial charge in [0, 0.05) is 17.5 Å². The Bertz CT molecular complexity index is 1130. The van der Waals surface area contributed by atoms with E-state index in [1.165, 1.54) is 6.07 Å². The number of ether oxygens (including phenoxy) is 2. The number of nitrogens with zero attached hydrogens (tertiary/aromatic N) is 1. The van der Waals surface area contributed by atoms with Crippen LogP contribution in [0.4, 0.5) is 0 Å². The number of benzene rings is 2. The van der Waals surface area contributed by atoms with Crippen molar-refractivity contribution in [1.82, 2.24) is 4.90 Å². The molecule has 1 aliphatic rings. The summed E-state index contributed by atoms with van der Waals surface area (Å²) in [7, 11) is 0. The highest BCUT2D eigenvalue weighted by molar-refractivity contribution is 5.83. The zero-order valence-corrected chi connectivity index (χ0v) is 17.4. The minimum Gasteiger partial charge on any atom is -0.486 e. The Hall–Kier alpha value is -3.28. The first-order chi connectivity index (χ1) is 14.4. The van der Waals surface area contributed by atoms with E-state index < -0.39 is 6.10 Å². The molecule has 156 valence electrons. The summed E-state index contributed by atoms with van der Waals surface area (Å²) in [6.07, 6.45) is 0.0744. The zero-order chi connectivity index (χ0) is 21.3. The highest BCUT2D eigenvalue weighted by Crippen LogP contribution is 2.25. The van der Waals surface area contributed by atoms with E-state index in [0.29, 0.717) is 24.4 Å². The van der Waals surface area contributed by atoms with Gasteiger partial charge in [-0.15, -0.1) is 0 Å². The lowest BCUT2D eigenvalue weighted by atomic mass is 10.1. The number of likely N-dealkylation sites (tertiary alicyclic amines) is 1. The molecule has 0 N–H and O–H groups in total. The summed E-state index contributed by atoms with van der Waals surface area (Å²) in [4.78, 5) is 26.2. The third kappa shape index (κ3) is 4.03. The minimum atomic E-state index is -0.650. The highest BCUT2D eigenvalue weighted by atomic mass is 16.5. The first-order valence-electron chi connectivity index (χ1n) is 10.2. The van der Waals surface area contributed by atoms with Crippen molar-refractivity contribution in [2.75, 3.05) is 13.1 Å². The Kier molecular flexibility index (Phi) is 5.48. The number of hydrogen-bond donors (Lipinski definition) is 0. The van der Waals surface area contributed by atoms with Crippen LogP contribution in [0.5, 0.6) is 11.5 Å². The van der Waals surface area contributed by atoms with Crippen molar-refractivity contribution in [1.29, 1.82) is 0 Å². The second-order valence-electron chi connectivity index (χ2n) is 7.61. The molecule has 1 amide bonds. The van der Waals surface area contributed by atoms with Crippen molar-refractivity contribution in [2.45, 2.75) is 39.4 Å². The predicted octanol–water partition coefficient (Wildman–Crippen LogP) is 3.72. The molecule has 3 aromatic rings. The first-order valence-corrected chi connectivity index (χ1v) is 10.2. The van der Waals surface area contributed by atoms with Crippen molar-refractivity contribution in [2.24, 2.45) is 0 Å². The van der Waals surface area contributed by atoms with Gasteiger partial charge in [0.2, 0.25) is 0 Å². The second kappa shape index (κ2) is 8.22. The van der Waals surface area contributed by atoms with Crippen molar-refractivity contribution in [3.8, 4) is 11.5 Å². The van der Waals surface area contributed by atoms with Crippen LogP contribution in [0.3, 0.4) is 0 Å². The average molecular weight is 407 g/mol. The molecule has 1 atom stereocenters. The molecule has 0 spiro atoms. The van der Waals surface area contributed by atoms with Gasteiger partial charge in [0.25, 0.3) is 5.91 Å². The number of carbonyl (C=O) groups excluding carboxylic acids is 1. The molecule has 1 aromatic heterocycles. The van der Waals surface area contributed by atoms with Crippen LogP contribution in [-0.2, 0) is 11.2 Å². The lowest BCUT2D eigenvalue weighted by Gasteiger charge is -2.40. The number of amides is 1. The summed E-state index contributed by atoms with van der Waals surface area (Å²) in [5.74, 6) is 1.25. The average Bonchev–Trinajstić information content (AvgIpc) is 2.70. The van der Waals surface area contributed by atoms with E-state index in [-0.39, 0.29) is 17.6 Å². The maximum atomic E-state index is 12.7. The van der Waals surface area contributed by atoms with Crippen LogP contribution in [-0.4, -0.2) is 36.1 Å². The molecule has 1 aliphatic heterocycles. The van der Waals surface area contributed by atoms with Gasteiger partial charge in [-0.2, -0.15) is 0 Å². The number of rotatable bonds is 6. The summed E-state index contributed by atoms with van der Waals surface area (Å²) in [5, 5.41) is 0.877. The molecule has 0 aliphatic carbocycles. The molecule has 30 heavy (non-hydrogen) atoms. The van der Waals surface area contributed by atoms with E-state index in [9.17, 15) is 9.59 Å². The third-order valence-corrected chi connectivity index (χ3v) is 5.39. The number of hydrogen-bond acceptors (Lipinski definition) is 5. The Morgan fingerprint density at radius 3 is 2.70 bits per heavy atom. The molecule has 2 heterocycles. The quantitative estimate of drug-likeness (QED) is 0.583. The van der Waals surface area contributed by atoms with Gasteiger partial charge in [-0.05, 0) is 49.6 Å². The molecule has 0 saturated carbocycles. The van der Waals surface area contributed by atoms with Crippen molar-refractivity contribution in [3.05, 3.63) is 70.1 Å². The molecule has 1 unspecified atom stereocenters. The maximum absolute atomic E-state index is 12.7. The summed E-state index contributed by atoms with van der Waals surface area (Å²) >= 11 is 0.